The molecule has 110 valence electrons. The molecule has 4 nitrogen and oxygen atoms in total. The summed E-state index contributed by atoms with van der Waals surface area (Å²) in [6, 6.07) is 4.43. The largest absolute Gasteiger partial charge is 0.372 e. The zero-order valence-electron chi connectivity index (χ0n) is 10.7. The fraction of sp³-hybridized carbons (Fsp3) is 0.0769. The van der Waals surface area contributed by atoms with Gasteiger partial charge in [0.25, 0.3) is 5.91 Å². The van der Waals surface area contributed by atoms with Crippen LogP contribution in [0, 0.1) is 0 Å². The second kappa shape index (κ2) is 6.71. The Labute approximate surface area is 141 Å². The first-order valence-electron chi connectivity index (χ1n) is 5.71. The third-order valence-electron chi connectivity index (χ3n) is 2.60. The second-order valence-electron chi connectivity index (χ2n) is 4.00. The van der Waals surface area contributed by atoms with Gasteiger partial charge in [0.15, 0.2) is 0 Å². The van der Waals surface area contributed by atoms with Crippen molar-refractivity contribution in [3.05, 3.63) is 50.0 Å². The third kappa shape index (κ3) is 3.71. The summed E-state index contributed by atoms with van der Waals surface area (Å²) in [5.41, 5.74) is 0.644. The fourth-order valence-corrected chi connectivity index (χ4v) is 2.41. The third-order valence-corrected chi connectivity index (χ3v) is 3.92. The first-order valence-corrected chi connectivity index (χ1v) is 7.22. The van der Waals surface area contributed by atoms with Gasteiger partial charge >= 0.3 is 0 Å². The Balaban J connectivity index is 2.26. The predicted octanol–water partition coefficient (Wildman–Crippen LogP) is 4.99. The number of rotatable bonds is 3. The van der Waals surface area contributed by atoms with Crippen LogP contribution in [-0.2, 0) is 0 Å². The van der Waals surface area contributed by atoms with E-state index in [1.807, 2.05) is 0 Å². The molecule has 2 aromatic rings. The minimum Gasteiger partial charge on any atom is -0.372 e. The van der Waals surface area contributed by atoms with Crippen molar-refractivity contribution in [2.45, 2.75) is 0 Å². The van der Waals surface area contributed by atoms with E-state index in [0.717, 1.165) is 0 Å². The van der Waals surface area contributed by atoms with E-state index >= 15 is 0 Å². The van der Waals surface area contributed by atoms with E-state index < -0.39 is 5.91 Å². The monoisotopic (exact) mass is 363 g/mol. The summed E-state index contributed by atoms with van der Waals surface area (Å²) in [4.78, 5) is 16.2. The van der Waals surface area contributed by atoms with Gasteiger partial charge in [0, 0.05) is 13.2 Å². The lowest BCUT2D eigenvalue weighted by molar-refractivity contribution is 0.102. The molecule has 0 saturated carbocycles. The van der Waals surface area contributed by atoms with Crippen molar-refractivity contribution in [3.8, 4) is 0 Å². The molecule has 1 aromatic carbocycles. The maximum absolute atomic E-state index is 12.1. The van der Waals surface area contributed by atoms with Crippen LogP contribution in [0.3, 0.4) is 0 Å². The molecule has 0 bridgehead atoms. The highest BCUT2D eigenvalue weighted by atomic mass is 35.5. The number of nitrogens with zero attached hydrogens (tertiary/aromatic N) is 1. The molecule has 0 aliphatic rings. The average molecular weight is 365 g/mol. The highest BCUT2D eigenvalue weighted by Gasteiger charge is 2.13. The van der Waals surface area contributed by atoms with Gasteiger partial charge in [0.2, 0.25) is 0 Å². The standard InChI is InChI=1S/C13H9Cl4N3O/c1-18-12-10(17)2-6(5-19-12)13(21)20-11-4-8(15)7(14)3-9(11)16/h2-5H,1H3,(H,18,19)(H,20,21). The number of carbonyl (C=O) groups is 1. The summed E-state index contributed by atoms with van der Waals surface area (Å²) in [6.45, 7) is 0. The number of aromatic nitrogens is 1. The van der Waals surface area contributed by atoms with E-state index in [1.165, 1.54) is 24.4 Å². The first kappa shape index (κ1) is 16.2. The Bertz CT molecular complexity index is 706. The number of nitrogens with one attached hydrogen (secondary N) is 2. The molecule has 1 heterocycles. The van der Waals surface area contributed by atoms with Crippen molar-refractivity contribution in [3.63, 3.8) is 0 Å². The number of benzene rings is 1. The average Bonchev–Trinajstić information content (AvgIpc) is 2.44. The van der Waals surface area contributed by atoms with Gasteiger partial charge in [0.1, 0.15) is 5.82 Å². The Morgan fingerprint density at radius 2 is 1.67 bits per heavy atom. The van der Waals surface area contributed by atoms with Gasteiger partial charge in [-0.2, -0.15) is 0 Å². The van der Waals surface area contributed by atoms with E-state index in [9.17, 15) is 4.79 Å². The number of pyridine rings is 1. The number of anilines is 2. The van der Waals surface area contributed by atoms with Gasteiger partial charge < -0.3 is 10.6 Å². The number of hydrogen-bond donors (Lipinski definition) is 2. The Morgan fingerprint density at radius 1 is 1.00 bits per heavy atom. The Kier molecular flexibility index (Phi) is 5.17. The fourth-order valence-electron chi connectivity index (χ4n) is 1.56. The topological polar surface area (TPSA) is 54.0 Å². The lowest BCUT2D eigenvalue weighted by Gasteiger charge is -2.09. The van der Waals surface area contributed by atoms with Gasteiger partial charge in [-0.15, -0.1) is 0 Å². The van der Waals surface area contributed by atoms with E-state index in [-0.39, 0.29) is 10.0 Å². The maximum Gasteiger partial charge on any atom is 0.257 e. The molecule has 2 rings (SSSR count). The van der Waals surface area contributed by atoms with Crippen molar-refractivity contribution < 1.29 is 4.79 Å². The zero-order chi connectivity index (χ0) is 15.6. The molecule has 0 spiro atoms. The van der Waals surface area contributed by atoms with Gasteiger partial charge in [0.05, 0.1) is 31.3 Å². The van der Waals surface area contributed by atoms with E-state index in [4.69, 9.17) is 46.4 Å². The van der Waals surface area contributed by atoms with Crippen molar-refractivity contribution >= 4 is 63.8 Å². The van der Waals surface area contributed by atoms with Crippen molar-refractivity contribution in [1.82, 2.24) is 4.98 Å². The molecule has 0 aliphatic heterocycles. The van der Waals surface area contributed by atoms with Gasteiger partial charge in [-0.25, -0.2) is 4.98 Å². The number of halogens is 4. The van der Waals surface area contributed by atoms with E-state index in [2.05, 4.69) is 15.6 Å². The summed E-state index contributed by atoms with van der Waals surface area (Å²) < 4.78 is 0. The van der Waals surface area contributed by atoms with E-state index in [0.29, 0.717) is 27.1 Å². The normalized spacial score (nSPS) is 10.3. The molecule has 0 unspecified atom stereocenters. The summed E-state index contributed by atoms with van der Waals surface area (Å²) >= 11 is 23.7. The van der Waals surface area contributed by atoms with Crippen LogP contribution in [0.5, 0.6) is 0 Å². The zero-order valence-corrected chi connectivity index (χ0v) is 13.7. The minimum absolute atomic E-state index is 0.281. The molecule has 0 radical (unpaired) electrons. The van der Waals surface area contributed by atoms with Gasteiger partial charge in [-0.1, -0.05) is 46.4 Å². The van der Waals surface area contributed by atoms with Crippen LogP contribution in [0.4, 0.5) is 11.5 Å². The molecular weight excluding hydrogens is 356 g/mol. The molecule has 2 N–H and O–H groups in total. The van der Waals surface area contributed by atoms with Crippen LogP contribution in [0.25, 0.3) is 0 Å². The Morgan fingerprint density at radius 3 is 2.29 bits per heavy atom. The highest BCUT2D eigenvalue weighted by Crippen LogP contribution is 2.32. The second-order valence-corrected chi connectivity index (χ2v) is 5.63. The molecule has 21 heavy (non-hydrogen) atoms. The lowest BCUT2D eigenvalue weighted by atomic mass is 10.2. The van der Waals surface area contributed by atoms with Crippen LogP contribution in [-0.4, -0.2) is 17.9 Å². The number of carbonyl (C=O) groups excluding carboxylic acids is 1. The lowest BCUT2D eigenvalue weighted by Crippen LogP contribution is -2.13. The number of hydrogen-bond acceptors (Lipinski definition) is 3. The predicted molar refractivity (Wildman–Crippen MR) is 88.2 cm³/mol. The van der Waals surface area contributed by atoms with Gasteiger partial charge in [-0.3, -0.25) is 4.79 Å². The molecule has 1 amide bonds. The van der Waals surface area contributed by atoms with Crippen molar-refractivity contribution in [2.75, 3.05) is 17.7 Å². The Hall–Kier alpha value is -1.20. The summed E-state index contributed by atoms with van der Waals surface area (Å²) in [5.74, 6) is 0.0770. The molecule has 0 atom stereocenters. The van der Waals surface area contributed by atoms with Crippen LogP contribution in [0.2, 0.25) is 20.1 Å². The molecular formula is C13H9Cl4N3O. The summed E-state index contributed by atoms with van der Waals surface area (Å²) in [6.07, 6.45) is 1.40. The van der Waals surface area contributed by atoms with Crippen LogP contribution in [0.1, 0.15) is 10.4 Å². The van der Waals surface area contributed by atoms with Crippen molar-refractivity contribution in [2.24, 2.45) is 0 Å². The first-order chi connectivity index (χ1) is 9.92. The molecule has 0 saturated heterocycles. The highest BCUT2D eigenvalue weighted by molar-refractivity contribution is 6.44. The molecule has 1 aromatic heterocycles. The quantitative estimate of drug-likeness (QED) is 0.754. The summed E-state index contributed by atoms with van der Waals surface area (Å²) in [5, 5.41) is 6.65. The SMILES string of the molecule is CNc1ncc(C(=O)Nc2cc(Cl)c(Cl)cc2Cl)cc1Cl. The summed E-state index contributed by atoms with van der Waals surface area (Å²) in [7, 11) is 1.68. The minimum atomic E-state index is -0.410. The van der Waals surface area contributed by atoms with Crippen LogP contribution >= 0.6 is 46.4 Å². The van der Waals surface area contributed by atoms with E-state index in [1.54, 1.807) is 7.05 Å². The smallest absolute Gasteiger partial charge is 0.257 e. The van der Waals surface area contributed by atoms with Crippen LogP contribution in [0.15, 0.2) is 24.4 Å². The van der Waals surface area contributed by atoms with Crippen molar-refractivity contribution in [1.29, 1.82) is 0 Å². The maximum atomic E-state index is 12.1. The van der Waals surface area contributed by atoms with Crippen LogP contribution < -0.4 is 10.6 Å². The molecule has 8 heteroatoms. The number of amides is 1. The van der Waals surface area contributed by atoms with Gasteiger partial charge in [-0.05, 0) is 18.2 Å². The molecule has 0 fully saturated rings. The molecule has 0 aliphatic carbocycles.